The van der Waals surface area contributed by atoms with Crippen LogP contribution < -0.4 is 0 Å². The number of nitrogens with zero attached hydrogens (tertiary/aromatic N) is 3. The number of benzene rings is 1. The van der Waals surface area contributed by atoms with E-state index in [2.05, 4.69) is 9.36 Å². The van der Waals surface area contributed by atoms with Crippen molar-refractivity contribution in [1.29, 1.82) is 0 Å². The van der Waals surface area contributed by atoms with Gasteiger partial charge in [0.25, 0.3) is 0 Å². The summed E-state index contributed by atoms with van der Waals surface area (Å²) in [6.45, 7) is 4.68. The highest BCUT2D eigenvalue weighted by molar-refractivity contribution is 8.01. The molecule has 0 radical (unpaired) electrons. The predicted molar refractivity (Wildman–Crippen MR) is 88.2 cm³/mol. The van der Waals surface area contributed by atoms with Gasteiger partial charge in [0, 0.05) is 18.7 Å². The number of hydrogen-bond donors (Lipinski definition) is 0. The van der Waals surface area contributed by atoms with E-state index in [1.165, 1.54) is 23.3 Å². The fourth-order valence-corrected chi connectivity index (χ4v) is 3.74. The molecule has 1 amide bonds. The number of ether oxygens (including phenoxy) is 1. The monoisotopic (exact) mass is 335 g/mol. The van der Waals surface area contributed by atoms with Crippen molar-refractivity contribution in [3.05, 3.63) is 29.8 Å². The van der Waals surface area contributed by atoms with Crippen LogP contribution in [0.3, 0.4) is 0 Å². The lowest BCUT2D eigenvalue weighted by Crippen LogP contribution is -2.41. The van der Waals surface area contributed by atoms with E-state index in [1.807, 2.05) is 36.1 Å². The Bertz CT molecular complexity index is 654. The molecule has 0 atom stereocenters. The number of carbonyl (C=O) groups excluding carboxylic acids is 1. The van der Waals surface area contributed by atoms with E-state index in [0.29, 0.717) is 32.1 Å². The van der Waals surface area contributed by atoms with E-state index in [9.17, 15) is 4.79 Å². The summed E-state index contributed by atoms with van der Waals surface area (Å²) < 4.78 is 10.5. The summed E-state index contributed by atoms with van der Waals surface area (Å²) in [6.07, 6.45) is 0. The van der Waals surface area contributed by atoms with Gasteiger partial charge in [0.2, 0.25) is 5.91 Å². The van der Waals surface area contributed by atoms with Gasteiger partial charge in [-0.05, 0) is 24.0 Å². The molecule has 0 saturated carbocycles. The van der Waals surface area contributed by atoms with Crippen LogP contribution in [0.5, 0.6) is 0 Å². The molecule has 1 aliphatic heterocycles. The van der Waals surface area contributed by atoms with Gasteiger partial charge < -0.3 is 9.64 Å². The average Bonchev–Trinajstić information content (AvgIpc) is 3.02. The van der Waals surface area contributed by atoms with Crippen LogP contribution in [0, 0.1) is 6.92 Å². The predicted octanol–water partition coefficient (Wildman–Crippen LogP) is 2.46. The zero-order valence-electron chi connectivity index (χ0n) is 12.3. The van der Waals surface area contributed by atoms with Crippen LogP contribution >= 0.6 is 23.3 Å². The molecule has 2 heterocycles. The van der Waals surface area contributed by atoms with Crippen molar-refractivity contribution >= 4 is 29.2 Å². The van der Waals surface area contributed by atoms with Crippen molar-refractivity contribution in [3.8, 4) is 11.4 Å². The van der Waals surface area contributed by atoms with Gasteiger partial charge in [0.1, 0.15) is 0 Å². The molecule has 0 unspecified atom stereocenters. The van der Waals surface area contributed by atoms with Gasteiger partial charge in [0.05, 0.1) is 19.0 Å². The molecule has 0 aliphatic carbocycles. The van der Waals surface area contributed by atoms with Crippen LogP contribution in [0.2, 0.25) is 0 Å². The van der Waals surface area contributed by atoms with Crippen molar-refractivity contribution in [2.24, 2.45) is 0 Å². The summed E-state index contributed by atoms with van der Waals surface area (Å²) in [5.41, 5.74) is 2.20. The van der Waals surface area contributed by atoms with Gasteiger partial charge in [-0.15, -0.1) is 0 Å². The fraction of sp³-hybridized carbons (Fsp3) is 0.400. The van der Waals surface area contributed by atoms with Gasteiger partial charge in [-0.2, -0.15) is 4.37 Å². The van der Waals surface area contributed by atoms with E-state index >= 15 is 0 Å². The molecule has 1 fully saturated rings. The molecule has 3 rings (SSSR count). The third-order valence-electron chi connectivity index (χ3n) is 3.48. The highest BCUT2D eigenvalue weighted by atomic mass is 32.2. The molecule has 116 valence electrons. The summed E-state index contributed by atoms with van der Waals surface area (Å²) in [7, 11) is 0. The molecule has 1 aromatic heterocycles. The quantitative estimate of drug-likeness (QED) is 0.804. The molecule has 1 aromatic carbocycles. The SMILES string of the molecule is Cc1ccccc1-c1nsc(SCC(=O)N2CCOCC2)n1. The van der Waals surface area contributed by atoms with Crippen LogP contribution in [-0.2, 0) is 9.53 Å². The molecule has 1 aliphatic rings. The topological polar surface area (TPSA) is 55.3 Å². The first-order valence-corrected chi connectivity index (χ1v) is 8.88. The number of morpholine rings is 1. The molecule has 0 bridgehead atoms. The lowest BCUT2D eigenvalue weighted by Gasteiger charge is -2.26. The van der Waals surface area contributed by atoms with Gasteiger partial charge in [0.15, 0.2) is 10.2 Å². The standard InChI is InChI=1S/C15H17N3O2S2/c1-11-4-2-3-5-12(11)14-16-15(22-17-14)21-10-13(19)18-6-8-20-9-7-18/h2-5H,6-10H2,1H3. The van der Waals surface area contributed by atoms with E-state index in [1.54, 1.807) is 0 Å². The van der Waals surface area contributed by atoms with E-state index in [0.717, 1.165) is 21.3 Å². The average molecular weight is 335 g/mol. The minimum atomic E-state index is 0.140. The molecule has 0 N–H and O–H groups in total. The van der Waals surface area contributed by atoms with Crippen LogP contribution in [0.25, 0.3) is 11.4 Å². The fourth-order valence-electron chi connectivity index (χ4n) is 2.23. The minimum Gasteiger partial charge on any atom is -0.378 e. The Labute approximate surface area is 137 Å². The maximum absolute atomic E-state index is 12.1. The summed E-state index contributed by atoms with van der Waals surface area (Å²) in [4.78, 5) is 18.5. The first-order chi connectivity index (χ1) is 10.7. The van der Waals surface area contributed by atoms with Crippen molar-refractivity contribution in [1.82, 2.24) is 14.3 Å². The number of rotatable bonds is 4. The summed E-state index contributed by atoms with van der Waals surface area (Å²) in [6, 6.07) is 8.05. The number of carbonyl (C=O) groups is 1. The largest absolute Gasteiger partial charge is 0.378 e. The Morgan fingerprint density at radius 2 is 2.14 bits per heavy atom. The smallest absolute Gasteiger partial charge is 0.233 e. The molecular weight excluding hydrogens is 318 g/mol. The van der Waals surface area contributed by atoms with Crippen molar-refractivity contribution in [3.63, 3.8) is 0 Å². The van der Waals surface area contributed by atoms with Crippen LogP contribution in [0.15, 0.2) is 28.6 Å². The van der Waals surface area contributed by atoms with E-state index in [4.69, 9.17) is 4.74 Å². The normalized spacial score (nSPS) is 15.0. The van der Waals surface area contributed by atoms with Crippen LogP contribution in [-0.4, -0.2) is 52.2 Å². The maximum atomic E-state index is 12.1. The molecule has 22 heavy (non-hydrogen) atoms. The molecule has 2 aromatic rings. The molecule has 1 saturated heterocycles. The molecular formula is C15H17N3O2S2. The van der Waals surface area contributed by atoms with Crippen LogP contribution in [0.1, 0.15) is 5.56 Å². The Morgan fingerprint density at radius 1 is 1.36 bits per heavy atom. The lowest BCUT2D eigenvalue weighted by molar-refractivity contribution is -0.132. The van der Waals surface area contributed by atoms with Gasteiger partial charge in [-0.25, -0.2) is 4.98 Å². The van der Waals surface area contributed by atoms with Gasteiger partial charge >= 0.3 is 0 Å². The number of aryl methyl sites for hydroxylation is 1. The number of amides is 1. The Hall–Kier alpha value is -1.44. The highest BCUT2D eigenvalue weighted by Crippen LogP contribution is 2.27. The van der Waals surface area contributed by atoms with E-state index < -0.39 is 0 Å². The zero-order valence-corrected chi connectivity index (χ0v) is 14.0. The second-order valence-electron chi connectivity index (χ2n) is 4.98. The summed E-state index contributed by atoms with van der Waals surface area (Å²) in [5, 5.41) is 0. The Kier molecular flexibility index (Phi) is 5.07. The Morgan fingerprint density at radius 3 is 2.91 bits per heavy atom. The maximum Gasteiger partial charge on any atom is 0.233 e. The first-order valence-electron chi connectivity index (χ1n) is 7.12. The third-order valence-corrected chi connectivity index (χ3v) is 5.29. The summed E-state index contributed by atoms with van der Waals surface area (Å²) >= 11 is 2.80. The number of hydrogen-bond acceptors (Lipinski definition) is 6. The van der Waals surface area contributed by atoms with Gasteiger partial charge in [-0.3, -0.25) is 4.79 Å². The highest BCUT2D eigenvalue weighted by Gasteiger charge is 2.18. The van der Waals surface area contributed by atoms with Crippen molar-refractivity contribution < 1.29 is 9.53 Å². The molecule has 5 nitrogen and oxygen atoms in total. The third kappa shape index (κ3) is 3.66. The minimum absolute atomic E-state index is 0.140. The lowest BCUT2D eigenvalue weighted by atomic mass is 10.1. The van der Waals surface area contributed by atoms with Gasteiger partial charge in [-0.1, -0.05) is 36.0 Å². The zero-order chi connectivity index (χ0) is 15.4. The van der Waals surface area contributed by atoms with Crippen LogP contribution in [0.4, 0.5) is 0 Å². The second kappa shape index (κ2) is 7.21. The van der Waals surface area contributed by atoms with Crippen molar-refractivity contribution in [2.45, 2.75) is 11.3 Å². The first kappa shape index (κ1) is 15.5. The second-order valence-corrected chi connectivity index (χ2v) is 6.95. The van der Waals surface area contributed by atoms with Crippen molar-refractivity contribution in [2.75, 3.05) is 32.1 Å². The Balaban J connectivity index is 1.60. The number of aromatic nitrogens is 2. The molecule has 7 heteroatoms. The van der Waals surface area contributed by atoms with E-state index in [-0.39, 0.29) is 5.91 Å². The summed E-state index contributed by atoms with van der Waals surface area (Å²) in [5.74, 6) is 1.29. The number of thioether (sulfide) groups is 1. The molecule has 0 spiro atoms.